The Morgan fingerprint density at radius 3 is 2.27 bits per heavy atom. The van der Waals surface area contributed by atoms with Gasteiger partial charge in [0.15, 0.2) is 5.60 Å². The van der Waals surface area contributed by atoms with Gasteiger partial charge in [0, 0.05) is 5.69 Å². The lowest BCUT2D eigenvalue weighted by molar-refractivity contribution is -0.275. The molecule has 0 saturated carbocycles. The lowest BCUT2D eigenvalue weighted by Gasteiger charge is -2.49. The van der Waals surface area contributed by atoms with Gasteiger partial charge < -0.3 is 10.4 Å². The number of nitrogens with one attached hydrogen (secondary N) is 1. The van der Waals surface area contributed by atoms with E-state index in [-0.39, 0.29) is 11.3 Å². The maximum atomic E-state index is 14.0. The average Bonchev–Trinajstić information content (AvgIpc) is 2.63. The Morgan fingerprint density at radius 1 is 1.07 bits per heavy atom. The highest BCUT2D eigenvalue weighted by Gasteiger charge is 2.63. The molecule has 2 atom stereocenters. The van der Waals surface area contributed by atoms with Gasteiger partial charge in [0.2, 0.25) is 0 Å². The highest BCUT2D eigenvalue weighted by molar-refractivity contribution is 5.56. The van der Waals surface area contributed by atoms with Crippen LogP contribution in [0, 0.1) is 11.3 Å². The van der Waals surface area contributed by atoms with Gasteiger partial charge in [0.1, 0.15) is 0 Å². The highest BCUT2D eigenvalue weighted by atomic mass is 19.4. The smallest absolute Gasteiger partial charge is 0.379 e. The molecule has 0 amide bonds. The van der Waals surface area contributed by atoms with Crippen molar-refractivity contribution in [2.45, 2.75) is 49.7 Å². The molecular formula is C21H18F6N2O. The maximum Gasteiger partial charge on any atom is 0.419 e. The van der Waals surface area contributed by atoms with Crippen LogP contribution in [0.2, 0.25) is 0 Å². The van der Waals surface area contributed by atoms with Gasteiger partial charge in [-0.15, -0.1) is 0 Å². The van der Waals surface area contributed by atoms with Crippen molar-refractivity contribution in [3.63, 3.8) is 0 Å². The summed E-state index contributed by atoms with van der Waals surface area (Å²) in [6.45, 7) is 3.14. The maximum absolute atomic E-state index is 14.0. The molecule has 0 aliphatic heterocycles. The highest BCUT2D eigenvalue weighted by Crippen LogP contribution is 2.54. The zero-order valence-electron chi connectivity index (χ0n) is 16.0. The Kier molecular flexibility index (Phi) is 5.06. The van der Waals surface area contributed by atoms with Crippen LogP contribution in [-0.2, 0) is 11.6 Å². The number of anilines is 1. The van der Waals surface area contributed by atoms with Gasteiger partial charge in [-0.05, 0) is 41.2 Å². The summed E-state index contributed by atoms with van der Waals surface area (Å²) in [7, 11) is 0. The molecule has 1 aliphatic rings. The Labute approximate surface area is 168 Å². The summed E-state index contributed by atoms with van der Waals surface area (Å²) in [4.78, 5) is 0. The van der Waals surface area contributed by atoms with Gasteiger partial charge >= 0.3 is 12.4 Å². The molecule has 2 N–H and O–H groups in total. The molecule has 0 heterocycles. The van der Waals surface area contributed by atoms with Crippen LogP contribution >= 0.6 is 0 Å². The Balaban J connectivity index is 2.17. The van der Waals surface area contributed by atoms with E-state index < -0.39 is 47.0 Å². The molecule has 0 aromatic heterocycles. The Morgan fingerprint density at radius 2 is 1.70 bits per heavy atom. The normalized spacial score (nSPS) is 23.4. The van der Waals surface area contributed by atoms with Crippen LogP contribution in [0.15, 0.2) is 42.5 Å². The summed E-state index contributed by atoms with van der Waals surface area (Å²) in [6, 6.07) is 8.45. The van der Waals surface area contributed by atoms with Crippen molar-refractivity contribution < 1.29 is 31.4 Å². The second-order valence-corrected chi connectivity index (χ2v) is 8.02. The molecule has 3 nitrogen and oxygen atoms in total. The second kappa shape index (κ2) is 6.91. The fraction of sp³-hybridized carbons (Fsp3) is 0.381. The number of hydrogen-bond acceptors (Lipinski definition) is 3. The van der Waals surface area contributed by atoms with Gasteiger partial charge in [-0.1, -0.05) is 38.1 Å². The predicted molar refractivity (Wildman–Crippen MR) is 97.6 cm³/mol. The molecule has 0 radical (unpaired) electrons. The van der Waals surface area contributed by atoms with E-state index in [4.69, 9.17) is 5.26 Å². The third kappa shape index (κ3) is 3.60. The van der Waals surface area contributed by atoms with Gasteiger partial charge in [0.25, 0.3) is 0 Å². The topological polar surface area (TPSA) is 56.0 Å². The van der Waals surface area contributed by atoms with Crippen LogP contribution in [0.3, 0.4) is 0 Å². The van der Waals surface area contributed by atoms with E-state index in [1.807, 2.05) is 0 Å². The predicted octanol–water partition coefficient (Wildman–Crippen LogP) is 5.70. The molecular weight excluding hydrogens is 410 g/mol. The minimum Gasteiger partial charge on any atom is -0.379 e. The van der Waals surface area contributed by atoms with Gasteiger partial charge in [0.05, 0.1) is 23.2 Å². The van der Waals surface area contributed by atoms with E-state index in [1.165, 1.54) is 18.2 Å². The Bertz CT molecular complexity index is 1010. The van der Waals surface area contributed by atoms with Gasteiger partial charge in [-0.3, -0.25) is 0 Å². The summed E-state index contributed by atoms with van der Waals surface area (Å²) in [6.07, 6.45) is -10.6. The second-order valence-electron chi connectivity index (χ2n) is 8.02. The van der Waals surface area contributed by atoms with Crippen molar-refractivity contribution >= 4 is 5.69 Å². The van der Waals surface area contributed by atoms with E-state index in [0.29, 0.717) is 11.6 Å². The summed E-state index contributed by atoms with van der Waals surface area (Å²) in [5, 5.41) is 22.1. The fourth-order valence-corrected chi connectivity index (χ4v) is 4.09. The number of aliphatic hydroxyl groups is 1. The lowest BCUT2D eigenvalue weighted by atomic mass is 9.63. The number of hydrogen-bond donors (Lipinski definition) is 2. The van der Waals surface area contributed by atoms with Crippen LogP contribution in [-0.4, -0.2) is 16.9 Å². The van der Waals surface area contributed by atoms with Gasteiger partial charge in [-0.2, -0.15) is 31.6 Å². The largest absolute Gasteiger partial charge is 0.419 e. The molecule has 0 saturated heterocycles. The van der Waals surface area contributed by atoms with E-state index in [0.717, 1.165) is 12.1 Å². The number of halogens is 6. The van der Waals surface area contributed by atoms with Crippen LogP contribution in [0.25, 0.3) is 0 Å². The first-order valence-corrected chi connectivity index (χ1v) is 8.97. The molecule has 0 spiro atoms. The number of benzene rings is 2. The quantitative estimate of drug-likeness (QED) is 0.603. The van der Waals surface area contributed by atoms with Crippen molar-refractivity contribution in [1.82, 2.24) is 0 Å². The zero-order chi connectivity index (χ0) is 22.5. The summed E-state index contributed by atoms with van der Waals surface area (Å²) in [5.41, 5.74) is -5.76. The van der Waals surface area contributed by atoms with E-state index in [2.05, 4.69) is 5.32 Å². The first-order valence-electron chi connectivity index (χ1n) is 8.97. The van der Waals surface area contributed by atoms with E-state index >= 15 is 0 Å². The van der Waals surface area contributed by atoms with Crippen LogP contribution in [0.4, 0.5) is 32.0 Å². The number of nitrogens with zero attached hydrogens (tertiary/aromatic N) is 1. The lowest BCUT2D eigenvalue weighted by Crippen LogP contribution is -2.58. The molecule has 30 heavy (non-hydrogen) atoms. The molecule has 0 bridgehead atoms. The molecule has 3 rings (SSSR count). The third-order valence-electron chi connectivity index (χ3n) is 5.44. The summed E-state index contributed by atoms with van der Waals surface area (Å²) < 4.78 is 81.8. The molecule has 0 fully saturated rings. The van der Waals surface area contributed by atoms with Crippen molar-refractivity contribution in [1.29, 1.82) is 5.26 Å². The molecule has 2 unspecified atom stereocenters. The average molecular weight is 428 g/mol. The molecule has 9 heteroatoms. The number of fused-ring (bicyclic) bond motifs is 1. The van der Waals surface area contributed by atoms with Crippen molar-refractivity contribution in [3.05, 3.63) is 64.7 Å². The van der Waals surface area contributed by atoms with Crippen molar-refractivity contribution in [2.24, 2.45) is 0 Å². The third-order valence-corrected chi connectivity index (χ3v) is 5.44. The standard InChI is InChI=1S/C21H18F6N2O/c1-18(2)11-19(30,21(25,26)27)17(14-5-3-4-6-15(14)18)29-13-8-7-12(10-28)16(9-13)20(22,23)24/h3-9,17,29-30H,11H2,1-2H3. The van der Waals surface area contributed by atoms with Crippen LogP contribution in [0.1, 0.15) is 48.6 Å². The van der Waals surface area contributed by atoms with Crippen molar-refractivity contribution in [2.75, 3.05) is 5.32 Å². The first-order chi connectivity index (χ1) is 13.7. The SMILES string of the molecule is CC1(C)CC(O)(C(F)(F)F)C(Nc2ccc(C#N)c(C(F)(F)F)c2)c2ccccc21. The number of nitriles is 1. The molecule has 2 aromatic carbocycles. The zero-order valence-corrected chi connectivity index (χ0v) is 16.0. The number of alkyl halides is 6. The number of rotatable bonds is 2. The minimum atomic E-state index is -5.05. The fourth-order valence-electron chi connectivity index (χ4n) is 4.09. The Hall–Kier alpha value is -2.73. The summed E-state index contributed by atoms with van der Waals surface area (Å²) >= 11 is 0. The molecule has 1 aliphatic carbocycles. The molecule has 2 aromatic rings. The van der Waals surface area contributed by atoms with E-state index in [9.17, 15) is 31.4 Å². The molecule has 160 valence electrons. The van der Waals surface area contributed by atoms with Gasteiger partial charge in [-0.25, -0.2) is 0 Å². The van der Waals surface area contributed by atoms with Crippen LogP contribution in [0.5, 0.6) is 0 Å². The van der Waals surface area contributed by atoms with Crippen LogP contribution < -0.4 is 5.32 Å². The summed E-state index contributed by atoms with van der Waals surface area (Å²) in [5.74, 6) is 0. The monoisotopic (exact) mass is 428 g/mol. The minimum absolute atomic E-state index is 0.145. The first kappa shape index (κ1) is 22.0. The van der Waals surface area contributed by atoms with E-state index in [1.54, 1.807) is 26.0 Å². The van der Waals surface area contributed by atoms with Crippen molar-refractivity contribution in [3.8, 4) is 6.07 Å².